The van der Waals surface area contributed by atoms with Crippen molar-refractivity contribution in [2.24, 2.45) is 0 Å². The maximum atomic E-state index is 7.02. The molecule has 0 radical (unpaired) electrons. The van der Waals surface area contributed by atoms with Gasteiger partial charge in [-0.15, -0.1) is 28.7 Å². The molecule has 0 fully saturated rings. The molecule has 0 unspecified atom stereocenters. The van der Waals surface area contributed by atoms with E-state index in [1.165, 1.54) is 16.7 Å². The topological polar surface area (TPSA) is 61.6 Å². The van der Waals surface area contributed by atoms with Crippen LogP contribution in [0.3, 0.4) is 0 Å². The van der Waals surface area contributed by atoms with Gasteiger partial charge in [-0.05, 0) is 107 Å². The van der Waals surface area contributed by atoms with Crippen molar-refractivity contribution in [3.8, 4) is 73.6 Å². The van der Waals surface area contributed by atoms with Gasteiger partial charge >= 0.3 is 0 Å². The summed E-state index contributed by atoms with van der Waals surface area (Å²) in [6, 6.07) is 69.4. The number of benzene rings is 7. The average molecular weight is 1200 g/mol. The van der Waals surface area contributed by atoms with E-state index in [-0.39, 0.29) is 42.7 Å². The number of hydrogen-bond donors (Lipinski definition) is 0. The van der Waals surface area contributed by atoms with Gasteiger partial charge in [-0.2, -0.15) is 16.8 Å². The average Bonchev–Trinajstić information content (AvgIpc) is 4.06. The molecule has 0 spiro atoms. The quantitative estimate of drug-likeness (QED) is 0.107. The van der Waals surface area contributed by atoms with Crippen LogP contribution in [-0.2, 0) is 42.7 Å². The molecule has 0 bridgehead atoms. The largest absolute Gasteiger partial charge is 0.522 e. The van der Waals surface area contributed by atoms with E-state index in [0.717, 1.165) is 77.9 Å². The number of aromatic nitrogens is 6. The molecule has 7 aromatic carbocycles. The standard InChI is InChI=1S/C70H66N6O.Pt/c1-67(2,3)51-35-36-71-63(41-51)76-60-34-31-49(46-23-16-13-17-24-46)39-59(60)58-33-32-54(42-61(58)76)77-55-43-62(70(10,11)12)72-64(44-55)74-45-75(73-66(74)50-37-52(68(4,5)6)40-53(38-50)69(7,8)9)65-56(47-25-18-14-19-26-47)29-22-30-57(65)48-27-20-15-21-28-48;/h13-41,43H,1-12H3;/q-2;. The van der Waals surface area contributed by atoms with Crippen molar-refractivity contribution in [3.05, 3.63) is 223 Å². The molecule has 8 heteroatoms. The summed E-state index contributed by atoms with van der Waals surface area (Å²) in [6.45, 7) is 26.8. The molecule has 0 N–H and O–H groups in total. The minimum atomic E-state index is -0.384. The van der Waals surface area contributed by atoms with E-state index in [2.05, 4.69) is 270 Å². The first-order valence-corrected chi connectivity index (χ1v) is 26.7. The first-order valence-electron chi connectivity index (χ1n) is 26.7. The molecule has 0 aliphatic carbocycles. The number of fused-ring (bicyclic) bond motifs is 3. The van der Waals surface area contributed by atoms with Crippen LogP contribution in [0, 0.1) is 18.5 Å². The summed E-state index contributed by atoms with van der Waals surface area (Å²) in [5.41, 5.74) is 13.9. The van der Waals surface area contributed by atoms with Crippen LogP contribution in [0.25, 0.3) is 83.9 Å². The van der Waals surface area contributed by atoms with Gasteiger partial charge in [0.05, 0.1) is 11.5 Å². The molecule has 0 saturated heterocycles. The Kier molecular flexibility index (Phi) is 14.2. The summed E-state index contributed by atoms with van der Waals surface area (Å²) in [5, 5.41) is 7.75. The Morgan fingerprint density at radius 1 is 0.474 bits per heavy atom. The molecular formula is C70H66N6OPt-2. The van der Waals surface area contributed by atoms with Crippen molar-refractivity contribution < 1.29 is 30.5 Å². The maximum Gasteiger partial charge on any atom is 0.273 e. The second kappa shape index (κ2) is 20.6. The Hall–Kier alpha value is -7.73. The van der Waals surface area contributed by atoms with Gasteiger partial charge in [0, 0.05) is 44.1 Å². The fraction of sp³-hybridized carbons (Fsp3) is 0.229. The molecule has 11 aromatic rings. The molecule has 7 nitrogen and oxygen atoms in total. The summed E-state index contributed by atoms with van der Waals surface area (Å²) in [5.74, 6) is 3.01. The van der Waals surface area contributed by atoms with E-state index in [1.807, 2.05) is 27.6 Å². The molecule has 0 atom stereocenters. The number of nitrogens with zero attached hydrogens (tertiary/aromatic N) is 6. The minimum absolute atomic E-state index is 0. The zero-order chi connectivity index (χ0) is 54.0. The second-order valence-corrected chi connectivity index (χ2v) is 24.4. The molecular weight excluding hydrogens is 1140 g/mol. The number of para-hydroxylation sites is 1. The number of pyridine rings is 2. The van der Waals surface area contributed by atoms with Gasteiger partial charge in [-0.25, -0.2) is 4.98 Å². The number of ether oxygens (including phenoxy) is 1. The Bertz CT molecular complexity index is 3890. The Morgan fingerprint density at radius 2 is 1.06 bits per heavy atom. The first-order chi connectivity index (χ1) is 36.7. The Labute approximate surface area is 474 Å². The summed E-state index contributed by atoms with van der Waals surface area (Å²) >= 11 is 0. The normalized spacial score (nSPS) is 12.3. The predicted octanol–water partition coefficient (Wildman–Crippen LogP) is 17.1. The van der Waals surface area contributed by atoms with E-state index in [9.17, 15) is 0 Å². The zero-order valence-electron chi connectivity index (χ0n) is 46.7. The van der Waals surface area contributed by atoms with Gasteiger partial charge in [0.2, 0.25) is 0 Å². The maximum absolute atomic E-state index is 7.02. The van der Waals surface area contributed by atoms with E-state index in [4.69, 9.17) is 19.8 Å². The molecule has 11 rings (SSSR count). The van der Waals surface area contributed by atoms with Crippen LogP contribution in [0.5, 0.6) is 11.5 Å². The van der Waals surface area contributed by atoms with Crippen molar-refractivity contribution >= 4 is 21.8 Å². The van der Waals surface area contributed by atoms with Gasteiger partial charge in [0.25, 0.3) is 6.33 Å². The van der Waals surface area contributed by atoms with Crippen LogP contribution in [0.15, 0.2) is 182 Å². The monoisotopic (exact) mass is 1200 g/mol. The number of rotatable bonds is 9. The van der Waals surface area contributed by atoms with E-state index < -0.39 is 0 Å². The van der Waals surface area contributed by atoms with Crippen LogP contribution < -0.4 is 9.42 Å². The third-order valence-corrected chi connectivity index (χ3v) is 14.5. The SMILES string of the molecule is CC(C)(C)c1cc(-c2n[n+](-c3c(-c4ccccc4)cccc3-c3ccccc3)[c-]n2-c2[c-]c(Oc3[c-]c4c(cc3)c3cc(-c5ccccc5)ccc3n4-c3cc(C(C)(C)C)ccn3)cc(C(C)(C)C)n2)cc(C(C)(C)C)c1.[Pt]. The van der Waals surface area contributed by atoms with Crippen molar-refractivity contribution in [1.29, 1.82) is 0 Å². The second-order valence-electron chi connectivity index (χ2n) is 24.4. The van der Waals surface area contributed by atoms with Gasteiger partial charge in [-0.1, -0.05) is 228 Å². The van der Waals surface area contributed by atoms with Crippen molar-refractivity contribution in [2.75, 3.05) is 0 Å². The van der Waals surface area contributed by atoms with Crippen LogP contribution in [0.2, 0.25) is 0 Å². The molecule has 0 saturated carbocycles. The van der Waals surface area contributed by atoms with Crippen molar-refractivity contribution in [3.63, 3.8) is 0 Å². The minimum Gasteiger partial charge on any atom is -0.522 e. The Balaban J connectivity index is 0.00000688. The number of hydrogen-bond acceptors (Lipinski definition) is 4. The summed E-state index contributed by atoms with van der Waals surface area (Å²) in [6.07, 6.45) is 5.68. The summed E-state index contributed by atoms with van der Waals surface area (Å²) in [4.78, 5) is 10.4. The van der Waals surface area contributed by atoms with Crippen LogP contribution in [-0.4, -0.2) is 24.2 Å². The Morgan fingerprint density at radius 3 is 1.64 bits per heavy atom. The molecule has 0 aliphatic heterocycles. The van der Waals surface area contributed by atoms with Gasteiger partial charge in [0.1, 0.15) is 5.82 Å². The third kappa shape index (κ3) is 10.7. The molecule has 0 aliphatic rings. The van der Waals surface area contributed by atoms with Crippen LogP contribution >= 0.6 is 0 Å². The van der Waals surface area contributed by atoms with Crippen LogP contribution in [0.4, 0.5) is 0 Å². The van der Waals surface area contributed by atoms with E-state index in [0.29, 0.717) is 23.1 Å². The summed E-state index contributed by atoms with van der Waals surface area (Å²) in [7, 11) is 0. The molecule has 394 valence electrons. The molecule has 78 heavy (non-hydrogen) atoms. The smallest absolute Gasteiger partial charge is 0.273 e. The first kappa shape index (κ1) is 53.7. The fourth-order valence-corrected chi connectivity index (χ4v) is 9.98. The predicted molar refractivity (Wildman–Crippen MR) is 315 cm³/mol. The zero-order valence-corrected chi connectivity index (χ0v) is 49.0. The van der Waals surface area contributed by atoms with Crippen LogP contribution in [0.1, 0.15) is 105 Å². The van der Waals surface area contributed by atoms with E-state index in [1.54, 1.807) is 0 Å². The molecule has 0 amide bonds. The molecule has 4 aromatic heterocycles. The van der Waals surface area contributed by atoms with Gasteiger partial charge in [0.15, 0.2) is 5.82 Å². The van der Waals surface area contributed by atoms with Gasteiger partial charge < -0.3 is 9.30 Å². The van der Waals surface area contributed by atoms with E-state index >= 15 is 0 Å². The third-order valence-electron chi connectivity index (χ3n) is 14.5. The van der Waals surface area contributed by atoms with Gasteiger partial charge in [-0.3, -0.25) is 9.55 Å². The van der Waals surface area contributed by atoms with Crippen molar-refractivity contribution in [1.82, 2.24) is 24.2 Å². The van der Waals surface area contributed by atoms with Crippen molar-refractivity contribution in [2.45, 2.75) is 105 Å². The fourth-order valence-electron chi connectivity index (χ4n) is 9.98. The summed E-state index contributed by atoms with van der Waals surface area (Å²) < 4.78 is 13.1. The molecule has 4 heterocycles.